The zero-order chi connectivity index (χ0) is 14.0. The quantitative estimate of drug-likeness (QED) is 0.476. The van der Waals surface area contributed by atoms with Crippen molar-refractivity contribution in [2.75, 3.05) is 0 Å². The van der Waals surface area contributed by atoms with Crippen LogP contribution in [0.15, 0.2) is 16.7 Å². The molecule has 1 rings (SSSR count). The zero-order valence-electron chi connectivity index (χ0n) is 13.4. The summed E-state index contributed by atoms with van der Waals surface area (Å²) in [5.74, 6) is 0.560. The van der Waals surface area contributed by atoms with E-state index in [1.165, 1.54) is 16.7 Å². The van der Waals surface area contributed by atoms with Crippen molar-refractivity contribution in [3.05, 3.63) is 28.5 Å². The Morgan fingerprint density at radius 1 is 1.28 bits per heavy atom. The van der Waals surface area contributed by atoms with Crippen molar-refractivity contribution < 1.29 is 21.7 Å². The molecule has 0 spiro atoms. The van der Waals surface area contributed by atoms with E-state index in [0.717, 1.165) is 15.9 Å². The van der Waals surface area contributed by atoms with Gasteiger partial charge in [0.15, 0.2) is 0 Å². The first-order valence-electron chi connectivity index (χ1n) is 6.54. The van der Waals surface area contributed by atoms with Gasteiger partial charge < -0.3 is 5.73 Å². The molecule has 3 heteroatoms. The van der Waals surface area contributed by atoms with Crippen molar-refractivity contribution in [1.82, 2.24) is 0 Å². The Balaban J connectivity index is -0.000000216. The van der Waals surface area contributed by atoms with E-state index in [1.807, 2.05) is 13.8 Å². The summed E-state index contributed by atoms with van der Waals surface area (Å²) in [4.78, 5) is 0. The molecule has 0 saturated heterocycles. The molecule has 1 aliphatic rings. The van der Waals surface area contributed by atoms with Crippen LogP contribution in [0.4, 0.5) is 0 Å². The molecule has 0 heterocycles. The Hall–Kier alpha value is 0.371. The van der Waals surface area contributed by atoms with Crippen LogP contribution in [0.5, 0.6) is 0 Å². The van der Waals surface area contributed by atoms with Crippen LogP contribution in [-0.4, -0.2) is 15.6 Å². The maximum atomic E-state index is 6.83. The molecule has 0 saturated carbocycles. The smallest absolute Gasteiger partial charge is 0.675 e. The summed E-state index contributed by atoms with van der Waals surface area (Å²) in [6.07, 6.45) is 4.33. The van der Waals surface area contributed by atoms with Gasteiger partial charge >= 0.3 is 21.7 Å². The average Bonchev–Trinajstić information content (AvgIpc) is 2.48. The third-order valence-corrected chi connectivity index (χ3v) is 2.85. The van der Waals surface area contributed by atoms with Crippen LogP contribution >= 0.6 is 0 Å². The first-order valence-corrected chi connectivity index (χ1v) is 8.85. The molecule has 1 aliphatic carbocycles. The van der Waals surface area contributed by atoms with Crippen LogP contribution in [-0.2, 0) is 21.7 Å². The van der Waals surface area contributed by atoms with E-state index in [-0.39, 0.29) is 27.8 Å². The predicted molar refractivity (Wildman–Crippen MR) is 82.9 cm³/mol. The van der Waals surface area contributed by atoms with E-state index < -0.39 is 0 Å². The summed E-state index contributed by atoms with van der Waals surface area (Å²) in [5, 5.41) is 0. The summed E-state index contributed by atoms with van der Waals surface area (Å²) in [6, 6.07) is 0.134. The molecule has 2 atom stereocenters. The monoisotopic (exact) mass is 300 g/mol. The van der Waals surface area contributed by atoms with Gasteiger partial charge in [0.2, 0.25) is 0 Å². The SMILES string of the molecule is CC1=[C-]C(C)C(C)=C1C.CCC(C)[NH-].C[SiH]C.[Ti+2]. The summed E-state index contributed by atoms with van der Waals surface area (Å²) in [6.45, 7) is 17.0. The number of hydrogen-bond donors (Lipinski definition) is 0. The average molecular weight is 300 g/mol. The van der Waals surface area contributed by atoms with Crippen LogP contribution in [0.2, 0.25) is 13.1 Å². The molecule has 0 amide bonds. The third kappa shape index (κ3) is 11.5. The fourth-order valence-electron chi connectivity index (χ4n) is 1.16. The van der Waals surface area contributed by atoms with Crippen LogP contribution in [0, 0.1) is 12.0 Å². The Morgan fingerprint density at radius 2 is 1.61 bits per heavy atom. The molecule has 18 heavy (non-hydrogen) atoms. The predicted octanol–water partition coefficient (Wildman–Crippen LogP) is 5.08. The minimum atomic E-state index is 0. The second kappa shape index (κ2) is 13.8. The molecule has 0 aromatic carbocycles. The molecule has 0 aromatic rings. The van der Waals surface area contributed by atoms with Crippen molar-refractivity contribution >= 4 is 9.52 Å². The molecule has 0 fully saturated rings. The van der Waals surface area contributed by atoms with E-state index in [2.05, 4.69) is 46.9 Å². The Bertz CT molecular complexity index is 257. The minimum Gasteiger partial charge on any atom is -0.675 e. The molecule has 1 radical (unpaired) electrons. The molecule has 1 nitrogen and oxygen atoms in total. The fourth-order valence-corrected chi connectivity index (χ4v) is 1.16. The molecular weight excluding hydrogens is 270 g/mol. The normalized spacial score (nSPS) is 18.7. The van der Waals surface area contributed by atoms with Gasteiger partial charge in [0, 0.05) is 9.52 Å². The fraction of sp³-hybridized carbons (Fsp3) is 0.733. The van der Waals surface area contributed by atoms with Gasteiger partial charge in [-0.3, -0.25) is 6.08 Å². The summed E-state index contributed by atoms with van der Waals surface area (Å²) in [5.41, 5.74) is 11.1. The first kappa shape index (κ1) is 23.5. The Kier molecular flexibility index (Phi) is 18.0. The largest absolute Gasteiger partial charge is 2.00 e. The van der Waals surface area contributed by atoms with Gasteiger partial charge in [-0.05, 0) is 0 Å². The minimum absolute atomic E-state index is 0. The standard InChI is InChI=1S/C9H13.C4H10N.C2H7Si.Ti/c1-6-5-7(2)9(4)8(6)3;1-3-4(2)5;1-3-2;/h6H,1-4H3;4-5H,3H2,1-2H3;3H,1-2H3;/q2*-1;;+2. The molecule has 0 aromatic heterocycles. The van der Waals surface area contributed by atoms with Crippen molar-refractivity contribution in [2.45, 2.75) is 67.1 Å². The van der Waals surface area contributed by atoms with Crippen molar-refractivity contribution in [3.8, 4) is 0 Å². The van der Waals surface area contributed by atoms with Gasteiger partial charge in [-0.1, -0.05) is 60.1 Å². The van der Waals surface area contributed by atoms with Crippen LogP contribution in [0.25, 0.3) is 5.73 Å². The van der Waals surface area contributed by atoms with Crippen LogP contribution in [0.3, 0.4) is 0 Å². The molecule has 0 aliphatic heterocycles. The number of allylic oxidation sites excluding steroid dienone is 4. The maximum Gasteiger partial charge on any atom is 2.00 e. The number of hydrogen-bond acceptors (Lipinski definition) is 0. The zero-order valence-corrected chi connectivity index (χ0v) is 16.2. The summed E-state index contributed by atoms with van der Waals surface area (Å²) in [7, 11) is 0.750. The van der Waals surface area contributed by atoms with E-state index in [1.54, 1.807) is 0 Å². The number of nitrogens with one attached hydrogen (secondary N) is 1. The van der Waals surface area contributed by atoms with Gasteiger partial charge in [-0.25, -0.2) is 5.57 Å². The topological polar surface area (TPSA) is 23.8 Å². The van der Waals surface area contributed by atoms with Gasteiger partial charge in [-0.2, -0.15) is 11.1 Å². The van der Waals surface area contributed by atoms with E-state index in [4.69, 9.17) is 5.73 Å². The van der Waals surface area contributed by atoms with E-state index in [0.29, 0.717) is 5.92 Å². The van der Waals surface area contributed by atoms with Crippen molar-refractivity contribution in [2.24, 2.45) is 5.92 Å². The van der Waals surface area contributed by atoms with Crippen molar-refractivity contribution in [3.63, 3.8) is 0 Å². The Morgan fingerprint density at radius 3 is 1.67 bits per heavy atom. The molecule has 2 unspecified atom stereocenters. The third-order valence-electron chi connectivity index (χ3n) is 2.85. The second-order valence-corrected chi connectivity index (χ2v) is 5.84. The first-order chi connectivity index (χ1) is 7.81. The summed E-state index contributed by atoms with van der Waals surface area (Å²) >= 11 is 0. The molecule has 0 bridgehead atoms. The van der Waals surface area contributed by atoms with Crippen LogP contribution in [0.1, 0.15) is 48.0 Å². The van der Waals surface area contributed by atoms with E-state index >= 15 is 0 Å². The number of rotatable bonds is 1. The second-order valence-electron chi connectivity index (χ2n) is 4.69. The maximum absolute atomic E-state index is 6.83. The van der Waals surface area contributed by atoms with Gasteiger partial charge in [0.25, 0.3) is 0 Å². The van der Waals surface area contributed by atoms with Gasteiger partial charge in [0.05, 0.1) is 0 Å². The Labute approximate surface area is 132 Å². The molecule has 103 valence electrons. The van der Waals surface area contributed by atoms with Gasteiger partial charge in [-0.15, -0.1) is 13.0 Å². The van der Waals surface area contributed by atoms with Crippen LogP contribution < -0.4 is 0 Å². The molecule has 1 N–H and O–H groups in total. The summed E-state index contributed by atoms with van der Waals surface area (Å²) < 4.78 is 0. The van der Waals surface area contributed by atoms with Gasteiger partial charge in [0.1, 0.15) is 0 Å². The molecular formula is C15H30NSiTi. The van der Waals surface area contributed by atoms with Crippen molar-refractivity contribution in [1.29, 1.82) is 0 Å². The van der Waals surface area contributed by atoms with E-state index in [9.17, 15) is 0 Å².